The highest BCUT2D eigenvalue weighted by Crippen LogP contribution is 2.32. The van der Waals surface area contributed by atoms with Crippen LogP contribution in [0.5, 0.6) is 0 Å². The zero-order valence-corrected chi connectivity index (χ0v) is 13.3. The van der Waals surface area contributed by atoms with Gasteiger partial charge < -0.3 is 19.5 Å². The Kier molecular flexibility index (Phi) is 4.68. The molecule has 1 aromatic rings. The Balaban J connectivity index is 2.25. The van der Waals surface area contributed by atoms with E-state index < -0.39 is 11.3 Å². The first-order valence-electron chi connectivity index (χ1n) is 6.94. The lowest BCUT2D eigenvalue weighted by molar-refractivity contribution is -0.167. The molecule has 0 saturated carbocycles. The molecule has 1 unspecified atom stereocenters. The predicted molar refractivity (Wildman–Crippen MR) is 83.3 cm³/mol. The van der Waals surface area contributed by atoms with Crippen molar-refractivity contribution in [2.75, 3.05) is 21.3 Å². The summed E-state index contributed by atoms with van der Waals surface area (Å²) in [4.78, 5) is 12.3. The molecule has 0 bridgehead atoms. The van der Waals surface area contributed by atoms with Gasteiger partial charge in [-0.1, -0.05) is 24.3 Å². The van der Waals surface area contributed by atoms with Crippen molar-refractivity contribution in [2.24, 2.45) is 0 Å². The summed E-state index contributed by atoms with van der Waals surface area (Å²) in [6, 6.07) is 9.05. The van der Waals surface area contributed by atoms with Crippen LogP contribution in [0.4, 0.5) is 0 Å². The maximum absolute atomic E-state index is 12.3. The van der Waals surface area contributed by atoms with E-state index in [0.717, 1.165) is 0 Å². The molecule has 2 rings (SSSR count). The third kappa shape index (κ3) is 3.05. The molecule has 0 saturated heterocycles. The zero-order chi connectivity index (χ0) is 16.2. The minimum atomic E-state index is -1.06. The highest BCUT2D eigenvalue weighted by molar-refractivity contribution is 5.95. The van der Waals surface area contributed by atoms with Crippen molar-refractivity contribution in [1.82, 2.24) is 5.32 Å². The Morgan fingerprint density at radius 1 is 1.05 bits per heavy atom. The lowest BCUT2D eigenvalue weighted by Crippen LogP contribution is -2.48. The van der Waals surface area contributed by atoms with Crippen molar-refractivity contribution < 1.29 is 19.0 Å². The molecule has 0 aliphatic heterocycles. The molecule has 1 N–H and O–H groups in total. The second kappa shape index (κ2) is 6.34. The van der Waals surface area contributed by atoms with Crippen molar-refractivity contribution in [2.45, 2.75) is 18.2 Å². The molecule has 1 aliphatic carbocycles. The lowest BCUT2D eigenvalue weighted by atomic mass is 9.91. The molecule has 0 spiro atoms. The van der Waals surface area contributed by atoms with E-state index in [2.05, 4.69) is 5.32 Å². The summed E-state index contributed by atoms with van der Waals surface area (Å²) in [5.74, 6) is -0.746. The Bertz CT molecular complexity index is 590. The van der Waals surface area contributed by atoms with Crippen LogP contribution in [0.15, 0.2) is 54.3 Å². The van der Waals surface area contributed by atoms with Crippen molar-refractivity contribution in [3.8, 4) is 0 Å². The number of amides is 1. The number of nitrogens with one attached hydrogen (secondary N) is 1. The molecule has 5 heteroatoms. The standard InChI is InChI=1S/C17H21NO4/c1-16(18-15(19)13-8-6-5-7-9-13)10-11-17(21-3,22-4)14(12-16)20-2/h5-12H,1-4H3,(H,18,19). The molecule has 22 heavy (non-hydrogen) atoms. The van der Waals surface area contributed by atoms with E-state index in [1.54, 1.807) is 24.3 Å². The number of benzene rings is 1. The fourth-order valence-electron chi connectivity index (χ4n) is 2.39. The van der Waals surface area contributed by atoms with Crippen LogP contribution < -0.4 is 5.32 Å². The van der Waals surface area contributed by atoms with Gasteiger partial charge in [-0.2, -0.15) is 0 Å². The molecule has 0 radical (unpaired) electrons. The summed E-state index contributed by atoms with van der Waals surface area (Å²) in [5.41, 5.74) is -0.0986. The molecule has 1 aliphatic rings. The van der Waals surface area contributed by atoms with Gasteiger partial charge in [0.15, 0.2) is 5.76 Å². The Morgan fingerprint density at radius 3 is 2.23 bits per heavy atom. The summed E-state index contributed by atoms with van der Waals surface area (Å²) in [5, 5.41) is 2.97. The second-order valence-corrected chi connectivity index (χ2v) is 5.22. The van der Waals surface area contributed by atoms with Crippen LogP contribution in [0.3, 0.4) is 0 Å². The van der Waals surface area contributed by atoms with E-state index in [1.807, 2.05) is 31.2 Å². The number of rotatable bonds is 5. The fraction of sp³-hybridized carbons (Fsp3) is 0.353. The number of hydrogen-bond donors (Lipinski definition) is 1. The largest absolute Gasteiger partial charge is 0.495 e. The van der Waals surface area contributed by atoms with Crippen molar-refractivity contribution >= 4 is 5.91 Å². The van der Waals surface area contributed by atoms with Gasteiger partial charge in [0.05, 0.1) is 12.6 Å². The van der Waals surface area contributed by atoms with Gasteiger partial charge in [-0.15, -0.1) is 0 Å². The van der Waals surface area contributed by atoms with Crippen molar-refractivity contribution in [3.05, 3.63) is 59.9 Å². The topological polar surface area (TPSA) is 56.8 Å². The van der Waals surface area contributed by atoms with Crippen molar-refractivity contribution in [1.29, 1.82) is 0 Å². The predicted octanol–water partition coefficient (Wildman–Crippen LogP) is 2.26. The average molecular weight is 303 g/mol. The van der Waals surface area contributed by atoms with E-state index in [9.17, 15) is 4.79 Å². The molecule has 1 amide bonds. The number of carbonyl (C=O) groups excluding carboxylic acids is 1. The maximum atomic E-state index is 12.3. The molecule has 0 heterocycles. The van der Waals surface area contributed by atoms with Crippen LogP contribution in [-0.2, 0) is 14.2 Å². The first kappa shape index (κ1) is 16.3. The summed E-state index contributed by atoms with van der Waals surface area (Å²) < 4.78 is 16.2. The van der Waals surface area contributed by atoms with Gasteiger partial charge in [-0.3, -0.25) is 4.79 Å². The van der Waals surface area contributed by atoms with E-state index in [0.29, 0.717) is 11.3 Å². The summed E-state index contributed by atoms with van der Waals surface area (Å²) in [6.07, 6.45) is 5.33. The van der Waals surface area contributed by atoms with Gasteiger partial charge in [0.25, 0.3) is 5.91 Å². The number of ether oxygens (including phenoxy) is 3. The normalized spacial score (nSPS) is 22.8. The molecule has 1 aromatic carbocycles. The minimum Gasteiger partial charge on any atom is -0.495 e. The summed E-state index contributed by atoms with van der Waals surface area (Å²) in [7, 11) is 4.61. The Labute approximate surface area is 130 Å². The molecule has 5 nitrogen and oxygen atoms in total. The molecule has 118 valence electrons. The lowest BCUT2D eigenvalue weighted by Gasteiger charge is -2.36. The summed E-state index contributed by atoms with van der Waals surface area (Å²) in [6.45, 7) is 1.87. The number of hydrogen-bond acceptors (Lipinski definition) is 4. The van der Waals surface area contributed by atoms with Crippen LogP contribution in [0.25, 0.3) is 0 Å². The summed E-state index contributed by atoms with van der Waals surface area (Å²) >= 11 is 0. The monoisotopic (exact) mass is 303 g/mol. The van der Waals surface area contributed by atoms with Crippen molar-refractivity contribution in [3.63, 3.8) is 0 Å². The molecule has 1 atom stereocenters. The quantitative estimate of drug-likeness (QED) is 0.669. The number of carbonyl (C=O) groups is 1. The highest BCUT2D eigenvalue weighted by atomic mass is 16.7. The van der Waals surface area contributed by atoms with Crippen LogP contribution in [0.2, 0.25) is 0 Å². The zero-order valence-electron chi connectivity index (χ0n) is 13.3. The molecular weight excluding hydrogens is 282 g/mol. The Hall–Kier alpha value is -2.11. The Morgan fingerprint density at radius 2 is 1.68 bits per heavy atom. The molecular formula is C17H21NO4. The van der Waals surface area contributed by atoms with E-state index in [1.165, 1.54) is 21.3 Å². The average Bonchev–Trinajstić information content (AvgIpc) is 2.55. The first-order chi connectivity index (χ1) is 10.5. The first-order valence-corrected chi connectivity index (χ1v) is 6.94. The third-order valence-corrected chi connectivity index (χ3v) is 3.67. The minimum absolute atomic E-state index is 0.165. The van der Waals surface area contributed by atoms with Gasteiger partial charge in [0.1, 0.15) is 0 Å². The second-order valence-electron chi connectivity index (χ2n) is 5.22. The smallest absolute Gasteiger partial charge is 0.252 e. The van der Waals surface area contributed by atoms with E-state index in [-0.39, 0.29) is 5.91 Å². The maximum Gasteiger partial charge on any atom is 0.252 e. The van der Waals surface area contributed by atoms with E-state index in [4.69, 9.17) is 14.2 Å². The van der Waals surface area contributed by atoms with Gasteiger partial charge in [0, 0.05) is 19.8 Å². The van der Waals surface area contributed by atoms with Gasteiger partial charge in [-0.05, 0) is 31.2 Å². The van der Waals surface area contributed by atoms with Crippen LogP contribution in [0, 0.1) is 0 Å². The third-order valence-electron chi connectivity index (χ3n) is 3.67. The van der Waals surface area contributed by atoms with Gasteiger partial charge >= 0.3 is 0 Å². The van der Waals surface area contributed by atoms with E-state index >= 15 is 0 Å². The fourth-order valence-corrected chi connectivity index (χ4v) is 2.39. The molecule has 0 fully saturated rings. The highest BCUT2D eigenvalue weighted by Gasteiger charge is 2.40. The van der Waals surface area contributed by atoms with Gasteiger partial charge in [0.2, 0.25) is 5.79 Å². The van der Waals surface area contributed by atoms with Crippen LogP contribution >= 0.6 is 0 Å². The van der Waals surface area contributed by atoms with Crippen LogP contribution in [0.1, 0.15) is 17.3 Å². The van der Waals surface area contributed by atoms with Gasteiger partial charge in [-0.25, -0.2) is 0 Å². The SMILES string of the molecule is COC1=CC(C)(NC(=O)c2ccccc2)C=CC1(OC)OC. The molecule has 0 aromatic heterocycles. The number of methoxy groups -OCH3 is 3. The van der Waals surface area contributed by atoms with Crippen LogP contribution in [-0.4, -0.2) is 38.6 Å².